The van der Waals surface area contributed by atoms with E-state index in [1.807, 2.05) is 0 Å². The highest BCUT2D eigenvalue weighted by atomic mass is 35.9. The zero-order chi connectivity index (χ0) is 24.8. The minimum Gasteiger partial charge on any atom is -0.400 e. The first kappa shape index (κ1) is 53.3. The van der Waals surface area contributed by atoms with Crippen molar-refractivity contribution in [2.75, 3.05) is 69.2 Å². The standard InChI is InChI=1S/C3H10NO2P.2C2H6ClO2P.CH3Cl2OP.CH5N.CH4O.2CH4/c1-4-7(3,5)6-2;2*1-5-6(2,3)4;1-5(2,3)4;2*1-2;;/h1-3H3,(H,4,5);2*1-2H3;1H3;2H2,1H3;2H,1H3;2*1H4. The molecule has 18 heteroatoms. The van der Waals surface area contributed by atoms with Crippen LogP contribution in [0.4, 0.5) is 0 Å². The average molecular weight is 608 g/mol. The lowest BCUT2D eigenvalue weighted by Gasteiger charge is -2.05. The predicted octanol–water partition coefficient (Wildman–Crippen LogP) is 6.81. The van der Waals surface area contributed by atoms with Crippen LogP contribution >= 0.6 is 71.8 Å². The van der Waals surface area contributed by atoms with Crippen molar-refractivity contribution < 1.29 is 36.9 Å². The number of hydrogen-bond acceptors (Lipinski definition) is 9. The van der Waals surface area contributed by atoms with E-state index in [2.05, 4.69) is 24.4 Å². The maximum atomic E-state index is 10.6. The summed E-state index contributed by atoms with van der Waals surface area (Å²) in [6.45, 7) is 0.130. The van der Waals surface area contributed by atoms with Crippen molar-refractivity contribution in [3.63, 3.8) is 0 Å². The van der Waals surface area contributed by atoms with Crippen molar-refractivity contribution in [1.82, 2.24) is 5.09 Å². The van der Waals surface area contributed by atoms with Gasteiger partial charge in [0.25, 0.3) is 21.0 Å². The molecule has 0 spiro atoms. The molecule has 0 bridgehead atoms. The Kier molecular flexibility index (Phi) is 54.8. The number of hydrogen-bond donors (Lipinski definition) is 3. The summed E-state index contributed by atoms with van der Waals surface area (Å²) in [5, 5.41) is 9.52. The normalized spacial score (nSPS) is 14.7. The van der Waals surface area contributed by atoms with E-state index in [9.17, 15) is 18.3 Å². The van der Waals surface area contributed by atoms with Crippen molar-refractivity contribution in [3.8, 4) is 0 Å². The zero-order valence-corrected chi connectivity index (χ0v) is 24.3. The molecular formula is C12H42Cl4N2O8P4. The van der Waals surface area contributed by atoms with E-state index in [-0.39, 0.29) is 14.9 Å². The smallest absolute Gasteiger partial charge is 0.286 e. The Labute approximate surface area is 203 Å². The lowest BCUT2D eigenvalue weighted by atomic mass is 11.6. The maximum Gasteiger partial charge on any atom is 0.286 e. The SMILES string of the molecule is C.C.CN.CNP(C)(=O)OC.CO.COP(C)(=O)Cl.COP(C)(=O)Cl.CP(=O)(Cl)Cl. The van der Waals surface area contributed by atoms with Crippen LogP contribution in [0.1, 0.15) is 14.9 Å². The second kappa shape index (κ2) is 30.8. The topological polar surface area (TPSA) is 154 Å². The van der Waals surface area contributed by atoms with E-state index in [0.717, 1.165) is 7.11 Å². The van der Waals surface area contributed by atoms with E-state index in [4.69, 9.17) is 50.1 Å². The minimum absolute atomic E-state index is 0. The van der Waals surface area contributed by atoms with E-state index >= 15 is 0 Å². The van der Waals surface area contributed by atoms with E-state index < -0.39 is 26.8 Å². The third-order valence-corrected chi connectivity index (χ3v) is 5.05. The van der Waals surface area contributed by atoms with Crippen molar-refractivity contribution in [2.24, 2.45) is 5.73 Å². The Morgan fingerprint density at radius 2 is 0.833 bits per heavy atom. The zero-order valence-electron chi connectivity index (χ0n) is 17.7. The van der Waals surface area contributed by atoms with Crippen LogP contribution in [0.15, 0.2) is 0 Å². The van der Waals surface area contributed by atoms with Crippen LogP contribution in [-0.4, -0.2) is 74.3 Å². The summed E-state index contributed by atoms with van der Waals surface area (Å²) >= 11 is 19.8. The Bertz CT molecular complexity index is 462. The van der Waals surface area contributed by atoms with Crippen molar-refractivity contribution >= 4 is 71.8 Å². The van der Waals surface area contributed by atoms with E-state index in [1.54, 1.807) is 7.05 Å². The van der Waals surface area contributed by atoms with Crippen LogP contribution in [0, 0.1) is 0 Å². The van der Waals surface area contributed by atoms with Gasteiger partial charge in [0.15, 0.2) is 0 Å². The summed E-state index contributed by atoms with van der Waals surface area (Å²) in [6.07, 6.45) is 0. The van der Waals surface area contributed by atoms with Crippen LogP contribution in [0.25, 0.3) is 0 Å². The molecule has 0 aliphatic heterocycles. The third kappa shape index (κ3) is 130. The van der Waals surface area contributed by atoms with Crippen molar-refractivity contribution in [1.29, 1.82) is 0 Å². The highest BCUT2D eigenvalue weighted by Gasteiger charge is 2.06. The Hall–Kier alpha value is 1.84. The van der Waals surface area contributed by atoms with Gasteiger partial charge in [0, 0.05) is 55.1 Å². The Morgan fingerprint density at radius 3 is 0.833 bits per heavy atom. The Balaban J connectivity index is -0.0000000333. The molecule has 30 heavy (non-hydrogen) atoms. The van der Waals surface area contributed by atoms with Crippen LogP contribution in [0.2, 0.25) is 0 Å². The average Bonchev–Trinajstić information content (AvgIpc) is 2.57. The van der Waals surface area contributed by atoms with Gasteiger partial charge >= 0.3 is 0 Å². The molecule has 0 saturated heterocycles. The van der Waals surface area contributed by atoms with Crippen LogP contribution in [-0.2, 0) is 31.8 Å². The third-order valence-electron chi connectivity index (χ3n) is 1.41. The van der Waals surface area contributed by atoms with Gasteiger partial charge in [-0.1, -0.05) is 14.9 Å². The van der Waals surface area contributed by atoms with Gasteiger partial charge in [-0.3, -0.25) is 18.3 Å². The molecule has 10 nitrogen and oxygen atoms in total. The molecule has 0 heterocycles. The molecule has 3 unspecified atom stereocenters. The van der Waals surface area contributed by atoms with E-state index in [0.29, 0.717) is 0 Å². The fourth-order valence-corrected chi connectivity index (χ4v) is 0.274. The Morgan fingerprint density at radius 1 is 0.700 bits per heavy atom. The van der Waals surface area contributed by atoms with Gasteiger partial charge in [-0.15, -0.1) is 0 Å². The maximum absolute atomic E-state index is 10.6. The molecule has 0 saturated carbocycles. The van der Waals surface area contributed by atoms with Crippen molar-refractivity contribution in [2.45, 2.75) is 14.9 Å². The molecule has 4 N–H and O–H groups in total. The van der Waals surface area contributed by atoms with Gasteiger partial charge in [-0.2, -0.15) is 0 Å². The molecule has 196 valence electrons. The van der Waals surface area contributed by atoms with Crippen LogP contribution in [0.5, 0.6) is 0 Å². The van der Waals surface area contributed by atoms with Gasteiger partial charge in [-0.05, 0) is 59.1 Å². The number of aliphatic hydroxyl groups is 1. The predicted molar refractivity (Wildman–Crippen MR) is 139 cm³/mol. The lowest BCUT2D eigenvalue weighted by Crippen LogP contribution is -2.01. The summed E-state index contributed by atoms with van der Waals surface area (Å²) in [5.41, 5.74) is 4.50. The fraction of sp³-hybridized carbons (Fsp3) is 1.00. The summed E-state index contributed by atoms with van der Waals surface area (Å²) in [7, 11) is 5.74. The summed E-state index contributed by atoms with van der Waals surface area (Å²) in [6, 6.07) is 0. The highest BCUT2D eigenvalue weighted by molar-refractivity contribution is 8.08. The summed E-state index contributed by atoms with van der Waals surface area (Å²) in [5.74, 6) is -2.69. The van der Waals surface area contributed by atoms with Gasteiger partial charge in [0.2, 0.25) is 5.85 Å². The molecule has 0 aromatic rings. The number of nitrogens with two attached hydrogens (primary N) is 1. The molecule has 0 aliphatic rings. The number of aliphatic hydroxyl groups excluding tert-OH is 1. The van der Waals surface area contributed by atoms with Gasteiger partial charge in [0.05, 0.1) is 0 Å². The number of rotatable bonds is 4. The first-order chi connectivity index (χ1) is 12.2. The van der Waals surface area contributed by atoms with Crippen LogP contribution in [0.3, 0.4) is 0 Å². The first-order valence-corrected chi connectivity index (χ1v) is 18.7. The van der Waals surface area contributed by atoms with Gasteiger partial charge in [0.1, 0.15) is 0 Å². The minimum atomic E-state index is -2.69. The monoisotopic (exact) mass is 606 g/mol. The largest absolute Gasteiger partial charge is 0.400 e. The second-order valence-corrected chi connectivity index (χ2v) is 19.6. The quantitative estimate of drug-likeness (QED) is 0.290. The first-order valence-electron chi connectivity index (χ1n) is 6.72. The summed E-state index contributed by atoms with van der Waals surface area (Å²) < 4.78 is 53.7. The molecule has 3 atom stereocenters. The van der Waals surface area contributed by atoms with Gasteiger partial charge in [-0.25, -0.2) is 5.09 Å². The molecule has 0 rings (SSSR count). The molecule has 0 fully saturated rings. The van der Waals surface area contributed by atoms with Crippen LogP contribution < -0.4 is 10.8 Å². The molecular weight excluding hydrogens is 566 g/mol. The highest BCUT2D eigenvalue weighted by Crippen LogP contribution is 2.52. The second-order valence-electron chi connectivity index (χ2n) is 3.83. The van der Waals surface area contributed by atoms with Crippen molar-refractivity contribution in [3.05, 3.63) is 0 Å². The number of halogens is 4. The lowest BCUT2D eigenvalue weighted by molar-refractivity contribution is 0.391. The summed E-state index contributed by atoms with van der Waals surface area (Å²) in [4.78, 5) is 0. The molecule has 0 amide bonds. The molecule has 0 aromatic carbocycles. The van der Waals surface area contributed by atoms with E-state index in [1.165, 1.54) is 55.0 Å². The molecule has 0 radical (unpaired) electrons. The number of nitrogens with one attached hydrogen (secondary N) is 1. The van der Waals surface area contributed by atoms with Gasteiger partial charge < -0.3 is 24.4 Å². The molecule has 0 aromatic heterocycles. The molecule has 0 aliphatic carbocycles. The fourth-order valence-electron chi connectivity index (χ4n) is 0.0913.